The zero-order valence-electron chi connectivity index (χ0n) is 12.3. The smallest absolute Gasteiger partial charge is 0.257 e. The van der Waals surface area contributed by atoms with Crippen molar-refractivity contribution >= 4 is 27.5 Å². The molecule has 1 aromatic carbocycles. The Hall–Kier alpha value is -2.60. The predicted octanol–water partition coefficient (Wildman–Crippen LogP) is 3.86. The number of aromatic nitrogens is 3. The van der Waals surface area contributed by atoms with Gasteiger partial charge in [0.15, 0.2) is 0 Å². The number of nitrogens with one attached hydrogen (secondary N) is 1. The number of halogens is 1. The second-order valence-electron chi connectivity index (χ2n) is 4.92. The summed E-state index contributed by atoms with van der Waals surface area (Å²) in [6.45, 7) is 1.84. The van der Waals surface area contributed by atoms with E-state index in [0.29, 0.717) is 17.1 Å². The van der Waals surface area contributed by atoms with Gasteiger partial charge in [-0.15, -0.1) is 0 Å². The molecule has 2 heterocycles. The number of rotatable bonds is 3. The van der Waals surface area contributed by atoms with E-state index in [1.165, 1.54) is 6.20 Å². The highest BCUT2D eigenvalue weighted by atomic mass is 79.9. The molecule has 0 saturated heterocycles. The van der Waals surface area contributed by atoms with Crippen molar-refractivity contribution < 1.29 is 4.79 Å². The van der Waals surface area contributed by atoms with E-state index in [0.717, 1.165) is 15.7 Å². The van der Waals surface area contributed by atoms with Crippen LogP contribution in [0, 0.1) is 6.92 Å². The maximum Gasteiger partial charge on any atom is 0.257 e. The largest absolute Gasteiger partial charge is 0.322 e. The fourth-order valence-electron chi connectivity index (χ4n) is 2.11. The second kappa shape index (κ2) is 6.66. The van der Waals surface area contributed by atoms with Gasteiger partial charge in [0, 0.05) is 34.3 Å². The van der Waals surface area contributed by atoms with Crippen LogP contribution >= 0.6 is 15.9 Å². The molecule has 0 atom stereocenters. The van der Waals surface area contributed by atoms with Gasteiger partial charge in [0.2, 0.25) is 0 Å². The quantitative estimate of drug-likeness (QED) is 0.761. The van der Waals surface area contributed by atoms with Crippen molar-refractivity contribution in [1.82, 2.24) is 15.0 Å². The molecule has 0 unspecified atom stereocenters. The molecule has 0 fully saturated rings. The van der Waals surface area contributed by atoms with Crippen molar-refractivity contribution in [3.63, 3.8) is 0 Å². The zero-order chi connectivity index (χ0) is 16.2. The highest BCUT2D eigenvalue weighted by molar-refractivity contribution is 9.10. The molecule has 0 aliphatic heterocycles. The van der Waals surface area contributed by atoms with Gasteiger partial charge in [0.25, 0.3) is 5.91 Å². The third-order valence-electron chi connectivity index (χ3n) is 3.16. The molecule has 0 bridgehead atoms. The van der Waals surface area contributed by atoms with Crippen molar-refractivity contribution in [2.45, 2.75) is 6.92 Å². The van der Waals surface area contributed by atoms with Crippen LogP contribution in [-0.2, 0) is 0 Å². The molecule has 1 amide bonds. The standard InChI is InChI=1S/C17H13BrN4O/c1-11-20-6-5-16(21-11)12-3-2-4-15(8-12)22-17(23)13-7-14(18)10-19-9-13/h2-10H,1H3,(H,22,23). The molecule has 23 heavy (non-hydrogen) atoms. The summed E-state index contributed by atoms with van der Waals surface area (Å²) in [6.07, 6.45) is 4.88. The van der Waals surface area contributed by atoms with Gasteiger partial charge in [0.05, 0.1) is 11.3 Å². The lowest BCUT2D eigenvalue weighted by molar-refractivity contribution is 0.102. The van der Waals surface area contributed by atoms with Gasteiger partial charge in [-0.1, -0.05) is 12.1 Å². The number of amides is 1. The Bertz CT molecular complexity index is 866. The average Bonchev–Trinajstić information content (AvgIpc) is 2.55. The first-order valence-electron chi connectivity index (χ1n) is 6.94. The topological polar surface area (TPSA) is 67.8 Å². The summed E-state index contributed by atoms with van der Waals surface area (Å²) in [5.74, 6) is 0.493. The lowest BCUT2D eigenvalue weighted by Crippen LogP contribution is -2.12. The third kappa shape index (κ3) is 3.78. The summed E-state index contributed by atoms with van der Waals surface area (Å²) in [5, 5.41) is 2.87. The van der Waals surface area contributed by atoms with E-state index in [1.54, 1.807) is 18.5 Å². The SMILES string of the molecule is Cc1nccc(-c2cccc(NC(=O)c3cncc(Br)c3)c2)n1. The van der Waals surface area contributed by atoms with Gasteiger partial charge >= 0.3 is 0 Å². The molecule has 0 aliphatic carbocycles. The highest BCUT2D eigenvalue weighted by Gasteiger charge is 2.08. The van der Waals surface area contributed by atoms with Crippen molar-refractivity contribution in [3.05, 3.63) is 70.8 Å². The van der Waals surface area contributed by atoms with Gasteiger partial charge < -0.3 is 5.32 Å². The van der Waals surface area contributed by atoms with E-state index in [2.05, 4.69) is 36.2 Å². The van der Waals surface area contributed by atoms with Crippen LogP contribution in [-0.4, -0.2) is 20.9 Å². The normalized spacial score (nSPS) is 10.3. The molecule has 5 nitrogen and oxygen atoms in total. The second-order valence-corrected chi connectivity index (χ2v) is 5.83. The van der Waals surface area contributed by atoms with Crippen molar-refractivity contribution in [3.8, 4) is 11.3 Å². The number of nitrogens with zero attached hydrogens (tertiary/aromatic N) is 3. The first kappa shape index (κ1) is 15.3. The van der Waals surface area contributed by atoms with Crippen molar-refractivity contribution in [2.75, 3.05) is 5.32 Å². The molecule has 0 radical (unpaired) electrons. The van der Waals surface area contributed by atoms with Gasteiger partial charge in [-0.2, -0.15) is 0 Å². The van der Waals surface area contributed by atoms with E-state index in [-0.39, 0.29) is 5.91 Å². The Balaban J connectivity index is 1.84. The first-order valence-corrected chi connectivity index (χ1v) is 7.73. The monoisotopic (exact) mass is 368 g/mol. The highest BCUT2D eigenvalue weighted by Crippen LogP contribution is 2.21. The van der Waals surface area contributed by atoms with E-state index in [9.17, 15) is 4.79 Å². The molecule has 1 N–H and O–H groups in total. The molecular formula is C17H13BrN4O. The zero-order valence-corrected chi connectivity index (χ0v) is 13.9. The molecule has 2 aromatic heterocycles. The Kier molecular flexibility index (Phi) is 4.43. The van der Waals surface area contributed by atoms with Crippen LogP contribution in [0.4, 0.5) is 5.69 Å². The lowest BCUT2D eigenvalue weighted by atomic mass is 10.1. The molecule has 114 valence electrons. The van der Waals surface area contributed by atoms with Crippen LogP contribution < -0.4 is 5.32 Å². The Morgan fingerprint density at radius 1 is 1.17 bits per heavy atom. The van der Waals surface area contributed by atoms with Crippen LogP contribution in [0.1, 0.15) is 16.2 Å². The van der Waals surface area contributed by atoms with E-state index in [1.807, 2.05) is 37.3 Å². The lowest BCUT2D eigenvalue weighted by Gasteiger charge is -2.08. The Morgan fingerprint density at radius 2 is 2.04 bits per heavy atom. The number of hydrogen-bond acceptors (Lipinski definition) is 4. The van der Waals surface area contributed by atoms with Crippen LogP contribution in [0.2, 0.25) is 0 Å². The number of hydrogen-bond donors (Lipinski definition) is 1. The minimum atomic E-state index is -0.213. The summed E-state index contributed by atoms with van der Waals surface area (Å²) < 4.78 is 0.760. The minimum Gasteiger partial charge on any atom is -0.322 e. The number of carbonyl (C=O) groups is 1. The minimum absolute atomic E-state index is 0.213. The summed E-state index contributed by atoms with van der Waals surface area (Å²) >= 11 is 3.31. The van der Waals surface area contributed by atoms with Gasteiger partial charge in [-0.3, -0.25) is 9.78 Å². The number of aryl methyl sites for hydroxylation is 1. The first-order chi connectivity index (χ1) is 11.1. The Morgan fingerprint density at radius 3 is 2.83 bits per heavy atom. The van der Waals surface area contributed by atoms with Gasteiger partial charge in [-0.25, -0.2) is 9.97 Å². The molecule has 0 saturated carbocycles. The average molecular weight is 369 g/mol. The van der Waals surface area contributed by atoms with Gasteiger partial charge in [0.1, 0.15) is 5.82 Å². The van der Waals surface area contributed by atoms with E-state index in [4.69, 9.17) is 0 Å². The number of carbonyl (C=O) groups excluding carboxylic acids is 1. The van der Waals surface area contributed by atoms with Crippen LogP contribution in [0.5, 0.6) is 0 Å². The maximum atomic E-state index is 12.3. The fourth-order valence-corrected chi connectivity index (χ4v) is 2.48. The predicted molar refractivity (Wildman–Crippen MR) is 92.1 cm³/mol. The number of anilines is 1. The van der Waals surface area contributed by atoms with Crippen LogP contribution in [0.3, 0.4) is 0 Å². The van der Waals surface area contributed by atoms with Crippen LogP contribution in [0.15, 0.2) is 59.5 Å². The molecule has 3 rings (SSSR count). The maximum absolute atomic E-state index is 12.3. The van der Waals surface area contributed by atoms with Crippen molar-refractivity contribution in [1.29, 1.82) is 0 Å². The summed E-state index contributed by atoms with van der Waals surface area (Å²) in [6, 6.07) is 11.1. The van der Waals surface area contributed by atoms with Crippen LogP contribution in [0.25, 0.3) is 11.3 Å². The van der Waals surface area contributed by atoms with E-state index >= 15 is 0 Å². The number of benzene rings is 1. The third-order valence-corrected chi connectivity index (χ3v) is 3.59. The Labute approximate surface area is 142 Å². The molecule has 0 aliphatic rings. The summed E-state index contributed by atoms with van der Waals surface area (Å²) in [7, 11) is 0. The van der Waals surface area contributed by atoms with Gasteiger partial charge in [-0.05, 0) is 47.1 Å². The van der Waals surface area contributed by atoms with E-state index < -0.39 is 0 Å². The molecule has 6 heteroatoms. The molecular weight excluding hydrogens is 356 g/mol. The molecule has 3 aromatic rings. The fraction of sp³-hybridized carbons (Fsp3) is 0.0588. The molecule has 0 spiro atoms. The summed E-state index contributed by atoms with van der Waals surface area (Å²) in [4.78, 5) is 24.8. The number of pyridine rings is 1. The van der Waals surface area contributed by atoms with Crippen molar-refractivity contribution in [2.24, 2.45) is 0 Å². The summed E-state index contributed by atoms with van der Waals surface area (Å²) in [5.41, 5.74) is 2.92.